The summed E-state index contributed by atoms with van der Waals surface area (Å²) in [6, 6.07) is 15.5. The lowest BCUT2D eigenvalue weighted by atomic mass is 10.1. The van der Waals surface area contributed by atoms with Crippen molar-refractivity contribution in [3.05, 3.63) is 72.8 Å². The van der Waals surface area contributed by atoms with Crippen molar-refractivity contribution >= 4 is 12.2 Å². The Bertz CT molecular complexity index is 509. The van der Waals surface area contributed by atoms with E-state index in [1.165, 1.54) is 0 Å². The maximum absolute atomic E-state index is 5.01. The Hall–Kier alpha value is -2.48. The second kappa shape index (κ2) is 8.59. The second-order valence-electron chi connectivity index (χ2n) is 3.89. The maximum atomic E-state index is 5.01. The van der Waals surface area contributed by atoms with Gasteiger partial charge in [0.05, 0.1) is 14.2 Å². The Morgan fingerprint density at radius 3 is 1.35 bits per heavy atom. The SMILES string of the molecule is C=Cc1ccccc1C=C.COc1ccccc1OC. The van der Waals surface area contributed by atoms with Gasteiger partial charge in [0, 0.05) is 0 Å². The van der Waals surface area contributed by atoms with Crippen molar-refractivity contribution in [3.8, 4) is 11.5 Å². The molecule has 0 amide bonds. The first kappa shape index (κ1) is 15.6. The van der Waals surface area contributed by atoms with Gasteiger partial charge >= 0.3 is 0 Å². The molecular formula is C18H20O2. The third-order valence-corrected chi connectivity index (χ3v) is 2.72. The Kier molecular flexibility index (Phi) is 6.69. The molecule has 0 saturated carbocycles. The van der Waals surface area contributed by atoms with Gasteiger partial charge < -0.3 is 9.47 Å². The summed E-state index contributed by atoms with van der Waals surface area (Å²) in [6.45, 7) is 7.38. The molecule has 0 heterocycles. The average Bonchev–Trinajstić information content (AvgIpc) is 2.55. The molecule has 0 atom stereocenters. The van der Waals surface area contributed by atoms with Crippen LogP contribution in [-0.4, -0.2) is 14.2 Å². The van der Waals surface area contributed by atoms with E-state index >= 15 is 0 Å². The van der Waals surface area contributed by atoms with Crippen molar-refractivity contribution in [1.29, 1.82) is 0 Å². The van der Waals surface area contributed by atoms with Gasteiger partial charge in [-0.3, -0.25) is 0 Å². The Morgan fingerprint density at radius 2 is 1.05 bits per heavy atom. The largest absolute Gasteiger partial charge is 0.493 e. The van der Waals surface area contributed by atoms with Crippen LogP contribution in [0, 0.1) is 0 Å². The molecule has 0 aliphatic rings. The number of hydrogen-bond donors (Lipinski definition) is 0. The van der Waals surface area contributed by atoms with Crippen LogP contribution in [0.4, 0.5) is 0 Å². The first-order valence-electron chi connectivity index (χ1n) is 6.27. The third-order valence-electron chi connectivity index (χ3n) is 2.72. The van der Waals surface area contributed by atoms with Crippen molar-refractivity contribution in [1.82, 2.24) is 0 Å². The van der Waals surface area contributed by atoms with E-state index in [4.69, 9.17) is 9.47 Å². The monoisotopic (exact) mass is 268 g/mol. The van der Waals surface area contributed by atoms with Crippen LogP contribution in [0.3, 0.4) is 0 Å². The van der Waals surface area contributed by atoms with Crippen LogP contribution >= 0.6 is 0 Å². The van der Waals surface area contributed by atoms with Crippen molar-refractivity contribution in [2.24, 2.45) is 0 Å². The molecule has 0 aliphatic heterocycles. The predicted octanol–water partition coefficient (Wildman–Crippen LogP) is 4.68. The van der Waals surface area contributed by atoms with Crippen LogP contribution < -0.4 is 9.47 Å². The predicted molar refractivity (Wildman–Crippen MR) is 86.2 cm³/mol. The van der Waals surface area contributed by atoms with Gasteiger partial charge in [-0.25, -0.2) is 0 Å². The minimum absolute atomic E-state index is 0.769. The van der Waals surface area contributed by atoms with E-state index in [9.17, 15) is 0 Å². The summed E-state index contributed by atoms with van der Waals surface area (Å²) in [7, 11) is 3.25. The zero-order valence-corrected chi connectivity index (χ0v) is 12.0. The summed E-state index contributed by atoms with van der Waals surface area (Å²) in [5.41, 5.74) is 2.27. The highest BCUT2D eigenvalue weighted by Gasteiger charge is 1.97. The highest BCUT2D eigenvalue weighted by Crippen LogP contribution is 2.24. The zero-order valence-electron chi connectivity index (χ0n) is 12.0. The van der Waals surface area contributed by atoms with E-state index in [0.29, 0.717) is 0 Å². The Morgan fingerprint density at radius 1 is 0.700 bits per heavy atom. The van der Waals surface area contributed by atoms with Crippen LogP contribution in [-0.2, 0) is 0 Å². The number of benzene rings is 2. The average molecular weight is 268 g/mol. The lowest BCUT2D eigenvalue weighted by Crippen LogP contribution is -1.88. The molecule has 0 fully saturated rings. The standard InChI is InChI=1S/C10H10.C8H10O2/c1-3-9-7-5-6-8-10(9)4-2;1-9-7-5-3-4-6-8(7)10-2/h3-8H,1-2H2;3-6H,1-2H3. The summed E-state index contributed by atoms with van der Waals surface area (Å²) < 4.78 is 10.0. The summed E-state index contributed by atoms with van der Waals surface area (Å²) >= 11 is 0. The van der Waals surface area contributed by atoms with E-state index in [-0.39, 0.29) is 0 Å². The van der Waals surface area contributed by atoms with E-state index in [2.05, 4.69) is 13.2 Å². The number of para-hydroxylation sites is 2. The van der Waals surface area contributed by atoms with E-state index in [1.54, 1.807) is 14.2 Å². The molecule has 0 N–H and O–H groups in total. The fourth-order valence-electron chi connectivity index (χ4n) is 1.67. The first-order valence-corrected chi connectivity index (χ1v) is 6.27. The van der Waals surface area contributed by atoms with Gasteiger partial charge in [-0.15, -0.1) is 0 Å². The van der Waals surface area contributed by atoms with Gasteiger partial charge in [-0.05, 0) is 23.3 Å². The molecule has 2 heteroatoms. The van der Waals surface area contributed by atoms with Crippen LogP contribution in [0.25, 0.3) is 12.2 Å². The normalized spacial score (nSPS) is 8.90. The third kappa shape index (κ3) is 4.32. The molecule has 2 rings (SSSR count). The van der Waals surface area contributed by atoms with Crippen LogP contribution in [0.2, 0.25) is 0 Å². The molecule has 104 valence electrons. The molecule has 20 heavy (non-hydrogen) atoms. The molecule has 0 spiro atoms. The highest BCUT2D eigenvalue weighted by atomic mass is 16.5. The van der Waals surface area contributed by atoms with Crippen LogP contribution in [0.1, 0.15) is 11.1 Å². The fraction of sp³-hybridized carbons (Fsp3) is 0.111. The summed E-state index contributed by atoms with van der Waals surface area (Å²) in [6.07, 6.45) is 3.66. The number of hydrogen-bond acceptors (Lipinski definition) is 2. The van der Waals surface area contributed by atoms with Crippen LogP contribution in [0.5, 0.6) is 11.5 Å². The van der Waals surface area contributed by atoms with Gasteiger partial charge in [0.15, 0.2) is 11.5 Å². The summed E-state index contributed by atoms with van der Waals surface area (Å²) in [5, 5.41) is 0. The second-order valence-corrected chi connectivity index (χ2v) is 3.89. The molecule has 0 saturated heterocycles. The topological polar surface area (TPSA) is 18.5 Å². The van der Waals surface area contributed by atoms with E-state index < -0.39 is 0 Å². The van der Waals surface area contributed by atoms with Crippen molar-refractivity contribution < 1.29 is 9.47 Å². The molecule has 0 radical (unpaired) electrons. The van der Waals surface area contributed by atoms with Crippen LogP contribution in [0.15, 0.2) is 61.7 Å². The smallest absolute Gasteiger partial charge is 0.160 e. The van der Waals surface area contributed by atoms with Gasteiger partial charge in [-0.1, -0.05) is 61.7 Å². The minimum atomic E-state index is 0.769. The van der Waals surface area contributed by atoms with Gasteiger partial charge in [0.1, 0.15) is 0 Å². The van der Waals surface area contributed by atoms with Gasteiger partial charge in [0.25, 0.3) is 0 Å². The maximum Gasteiger partial charge on any atom is 0.160 e. The lowest BCUT2D eigenvalue weighted by Gasteiger charge is -2.04. The summed E-state index contributed by atoms with van der Waals surface area (Å²) in [5.74, 6) is 1.54. The van der Waals surface area contributed by atoms with Crippen molar-refractivity contribution in [2.75, 3.05) is 14.2 Å². The quantitative estimate of drug-likeness (QED) is 0.801. The number of methoxy groups -OCH3 is 2. The summed E-state index contributed by atoms with van der Waals surface area (Å²) in [4.78, 5) is 0. The molecule has 2 aromatic carbocycles. The molecule has 0 aromatic heterocycles. The zero-order chi connectivity index (χ0) is 14.8. The molecule has 0 unspecified atom stereocenters. The van der Waals surface area contributed by atoms with E-state index in [1.807, 2.05) is 60.7 Å². The van der Waals surface area contributed by atoms with Crippen molar-refractivity contribution in [2.45, 2.75) is 0 Å². The Labute approximate surface area is 121 Å². The minimum Gasteiger partial charge on any atom is -0.493 e. The Balaban J connectivity index is 0.000000200. The van der Waals surface area contributed by atoms with E-state index in [0.717, 1.165) is 22.6 Å². The molecule has 2 nitrogen and oxygen atoms in total. The highest BCUT2D eigenvalue weighted by molar-refractivity contribution is 5.63. The number of rotatable bonds is 4. The van der Waals surface area contributed by atoms with Gasteiger partial charge in [-0.2, -0.15) is 0 Å². The number of ether oxygens (including phenoxy) is 2. The first-order chi connectivity index (χ1) is 9.76. The van der Waals surface area contributed by atoms with Gasteiger partial charge in [0.2, 0.25) is 0 Å². The molecular weight excluding hydrogens is 248 g/mol. The molecule has 0 bridgehead atoms. The molecule has 0 aliphatic carbocycles. The molecule has 2 aromatic rings. The van der Waals surface area contributed by atoms with Crippen molar-refractivity contribution in [3.63, 3.8) is 0 Å². The lowest BCUT2D eigenvalue weighted by molar-refractivity contribution is 0.355. The fourth-order valence-corrected chi connectivity index (χ4v) is 1.67.